The molecule has 9 heteroatoms. The molecule has 3 aromatic heterocycles. The lowest BCUT2D eigenvalue weighted by atomic mass is 10.3. The molecule has 0 atom stereocenters. The summed E-state index contributed by atoms with van der Waals surface area (Å²) in [5.74, 6) is 1.19. The molecule has 0 radical (unpaired) electrons. The molecule has 0 unspecified atom stereocenters. The van der Waals surface area contributed by atoms with E-state index in [4.69, 9.17) is 16.2 Å². The molecule has 0 fully saturated rings. The largest absolute Gasteiger partial charge is 0.337 e. The lowest BCUT2D eigenvalue weighted by Gasteiger charge is -2.06. The number of aryl methyl sites for hydroxylation is 1. The highest BCUT2D eigenvalue weighted by molar-refractivity contribution is 6.30. The summed E-state index contributed by atoms with van der Waals surface area (Å²) in [5, 5.41) is 19.6. The van der Waals surface area contributed by atoms with E-state index < -0.39 is 0 Å². The van der Waals surface area contributed by atoms with Crippen LogP contribution in [-0.4, -0.2) is 29.9 Å². The minimum absolute atomic E-state index is 0.377. The van der Waals surface area contributed by atoms with Crippen LogP contribution in [0.25, 0.3) is 16.9 Å². The molecule has 0 bridgehead atoms. The Morgan fingerprint density at radius 1 is 1.10 bits per heavy atom. The zero-order chi connectivity index (χ0) is 14.4. The Labute approximate surface area is 122 Å². The monoisotopic (exact) mass is 301 g/mol. The fourth-order valence-electron chi connectivity index (χ4n) is 2.07. The lowest BCUT2D eigenvalue weighted by molar-refractivity contribution is 0.313. The van der Waals surface area contributed by atoms with Gasteiger partial charge in [0.1, 0.15) is 5.82 Å². The van der Waals surface area contributed by atoms with Crippen molar-refractivity contribution in [3.8, 4) is 0 Å². The maximum absolute atomic E-state index is 5.88. The van der Waals surface area contributed by atoms with E-state index in [0.29, 0.717) is 33.6 Å². The predicted molar refractivity (Wildman–Crippen MR) is 75.6 cm³/mol. The first-order valence-electron chi connectivity index (χ1n) is 6.09. The van der Waals surface area contributed by atoms with Gasteiger partial charge in [-0.3, -0.25) is 4.40 Å². The third-order valence-corrected chi connectivity index (χ3v) is 3.28. The van der Waals surface area contributed by atoms with Gasteiger partial charge < -0.3 is 5.32 Å². The number of benzene rings is 1. The molecule has 1 N–H and O–H groups in total. The van der Waals surface area contributed by atoms with Crippen LogP contribution in [-0.2, 0) is 0 Å². The van der Waals surface area contributed by atoms with Crippen molar-refractivity contribution in [1.82, 2.24) is 29.9 Å². The second-order valence-corrected chi connectivity index (χ2v) is 4.85. The van der Waals surface area contributed by atoms with Crippen molar-refractivity contribution in [2.75, 3.05) is 5.32 Å². The van der Waals surface area contributed by atoms with Crippen molar-refractivity contribution in [2.24, 2.45) is 0 Å². The number of halogens is 1. The smallest absolute Gasteiger partial charge is 0.244 e. The number of hydrogen-bond acceptors (Lipinski definition) is 7. The third-order valence-electron chi connectivity index (χ3n) is 3.03. The Balaban J connectivity index is 1.92. The Morgan fingerprint density at radius 3 is 2.71 bits per heavy atom. The molecule has 0 aliphatic carbocycles. The fourth-order valence-corrected chi connectivity index (χ4v) is 2.20. The van der Waals surface area contributed by atoms with E-state index in [1.807, 2.05) is 19.1 Å². The molecular formula is C12H8ClN7O. The molecule has 4 rings (SSSR count). The van der Waals surface area contributed by atoms with Crippen molar-refractivity contribution in [1.29, 1.82) is 0 Å². The normalized spacial score (nSPS) is 11.3. The topological polar surface area (TPSA) is 94.0 Å². The van der Waals surface area contributed by atoms with E-state index in [0.717, 1.165) is 5.69 Å². The molecule has 0 aliphatic rings. The quantitative estimate of drug-likeness (QED) is 0.607. The second-order valence-electron chi connectivity index (χ2n) is 4.41. The SMILES string of the molecule is Cc1nnc2c(Nc3ccc(Cl)cc3)nc3nonc3n12. The molecule has 0 spiro atoms. The number of fused-ring (bicyclic) bond motifs is 3. The summed E-state index contributed by atoms with van der Waals surface area (Å²) in [6.45, 7) is 1.82. The standard InChI is InChI=1S/C12H8ClN7O/c1-6-16-17-11-9(14-8-4-2-7(13)3-5-8)15-10-12(20(6)11)19-21-18-10/h2-5H,1H3,(H,14,15,18). The van der Waals surface area contributed by atoms with Crippen LogP contribution in [0.5, 0.6) is 0 Å². The van der Waals surface area contributed by atoms with Crippen molar-refractivity contribution in [2.45, 2.75) is 6.92 Å². The highest BCUT2D eigenvalue weighted by Gasteiger charge is 2.16. The predicted octanol–water partition coefficient (Wildman–Crippen LogP) is 2.37. The summed E-state index contributed by atoms with van der Waals surface area (Å²) in [7, 11) is 0. The number of rotatable bonds is 2. The lowest BCUT2D eigenvalue weighted by Crippen LogP contribution is -2.00. The second kappa shape index (κ2) is 4.38. The maximum atomic E-state index is 5.88. The van der Waals surface area contributed by atoms with E-state index in [-0.39, 0.29) is 0 Å². The van der Waals surface area contributed by atoms with Gasteiger partial charge in [0.2, 0.25) is 16.9 Å². The van der Waals surface area contributed by atoms with E-state index in [1.165, 1.54) is 0 Å². The maximum Gasteiger partial charge on any atom is 0.244 e. The van der Waals surface area contributed by atoms with Gasteiger partial charge in [-0.15, -0.1) is 10.2 Å². The summed E-state index contributed by atoms with van der Waals surface area (Å²) < 4.78 is 6.47. The Kier molecular flexibility index (Phi) is 2.51. The van der Waals surface area contributed by atoms with E-state index in [9.17, 15) is 0 Å². The van der Waals surface area contributed by atoms with Crippen LogP contribution in [0.1, 0.15) is 5.82 Å². The fraction of sp³-hybridized carbons (Fsp3) is 0.0833. The Morgan fingerprint density at radius 2 is 1.90 bits per heavy atom. The van der Waals surface area contributed by atoms with Crippen molar-refractivity contribution < 1.29 is 4.63 Å². The molecular weight excluding hydrogens is 294 g/mol. The van der Waals surface area contributed by atoms with Crippen LogP contribution < -0.4 is 5.32 Å². The van der Waals surface area contributed by atoms with Gasteiger partial charge >= 0.3 is 0 Å². The number of nitrogens with zero attached hydrogens (tertiary/aromatic N) is 6. The van der Waals surface area contributed by atoms with Crippen LogP contribution in [0.2, 0.25) is 5.02 Å². The Bertz CT molecular complexity index is 943. The van der Waals surface area contributed by atoms with Gasteiger partial charge in [-0.05, 0) is 41.5 Å². The van der Waals surface area contributed by atoms with Crippen LogP contribution >= 0.6 is 11.6 Å². The van der Waals surface area contributed by atoms with Gasteiger partial charge in [-0.1, -0.05) is 11.6 Å². The summed E-state index contributed by atoms with van der Waals surface area (Å²) in [5.41, 5.74) is 2.23. The summed E-state index contributed by atoms with van der Waals surface area (Å²) in [4.78, 5) is 4.36. The van der Waals surface area contributed by atoms with Gasteiger partial charge in [-0.2, -0.15) is 0 Å². The molecule has 0 saturated carbocycles. The van der Waals surface area contributed by atoms with Gasteiger partial charge in [0.05, 0.1) is 0 Å². The van der Waals surface area contributed by atoms with Crippen LogP contribution in [0, 0.1) is 6.92 Å². The number of nitrogens with one attached hydrogen (secondary N) is 1. The first-order chi connectivity index (χ1) is 10.2. The highest BCUT2D eigenvalue weighted by atomic mass is 35.5. The summed E-state index contributed by atoms with van der Waals surface area (Å²) in [6, 6.07) is 7.25. The van der Waals surface area contributed by atoms with Crippen molar-refractivity contribution >= 4 is 40.0 Å². The molecule has 0 aliphatic heterocycles. The van der Waals surface area contributed by atoms with Gasteiger partial charge in [0.25, 0.3) is 0 Å². The third kappa shape index (κ3) is 1.88. The summed E-state index contributed by atoms with van der Waals surface area (Å²) >= 11 is 5.88. The van der Waals surface area contributed by atoms with Crippen LogP contribution in [0.4, 0.5) is 11.5 Å². The molecule has 8 nitrogen and oxygen atoms in total. The molecule has 0 amide bonds. The average Bonchev–Trinajstić information content (AvgIpc) is 3.08. The van der Waals surface area contributed by atoms with E-state index >= 15 is 0 Å². The molecule has 3 heterocycles. The van der Waals surface area contributed by atoms with Crippen LogP contribution in [0.3, 0.4) is 0 Å². The molecule has 4 aromatic rings. The van der Waals surface area contributed by atoms with E-state index in [1.54, 1.807) is 16.5 Å². The van der Waals surface area contributed by atoms with Crippen molar-refractivity contribution in [3.05, 3.63) is 35.1 Å². The van der Waals surface area contributed by atoms with E-state index in [2.05, 4.69) is 30.8 Å². The molecule has 21 heavy (non-hydrogen) atoms. The molecule has 1 aromatic carbocycles. The minimum atomic E-state index is 0.377. The van der Waals surface area contributed by atoms with Crippen LogP contribution in [0.15, 0.2) is 28.9 Å². The van der Waals surface area contributed by atoms with Gasteiger partial charge in [0.15, 0.2) is 5.82 Å². The average molecular weight is 302 g/mol. The molecule has 104 valence electrons. The number of anilines is 2. The molecule has 0 saturated heterocycles. The van der Waals surface area contributed by atoms with Gasteiger partial charge in [-0.25, -0.2) is 9.61 Å². The Hall–Kier alpha value is -2.74. The first-order valence-corrected chi connectivity index (χ1v) is 6.47. The zero-order valence-electron chi connectivity index (χ0n) is 10.8. The van der Waals surface area contributed by atoms with Crippen molar-refractivity contribution in [3.63, 3.8) is 0 Å². The number of hydrogen-bond donors (Lipinski definition) is 1. The highest BCUT2D eigenvalue weighted by Crippen LogP contribution is 2.23. The number of aromatic nitrogens is 6. The summed E-state index contributed by atoms with van der Waals surface area (Å²) in [6.07, 6.45) is 0. The zero-order valence-corrected chi connectivity index (χ0v) is 11.5. The van der Waals surface area contributed by atoms with Gasteiger partial charge in [0, 0.05) is 10.7 Å². The minimum Gasteiger partial charge on any atom is -0.337 e. The first kappa shape index (κ1) is 12.0.